The third-order valence-corrected chi connectivity index (χ3v) is 7.81. The summed E-state index contributed by atoms with van der Waals surface area (Å²) >= 11 is 0. The van der Waals surface area contributed by atoms with Crippen LogP contribution in [0.5, 0.6) is 5.75 Å². The second kappa shape index (κ2) is 11.5. The number of benzene rings is 4. The van der Waals surface area contributed by atoms with Gasteiger partial charge in [0.2, 0.25) is 5.91 Å². The fraction of sp³-hybridized carbons (Fsp3) is 0.172. The molecule has 0 aromatic heterocycles. The van der Waals surface area contributed by atoms with Crippen molar-refractivity contribution < 1.29 is 27.5 Å². The van der Waals surface area contributed by atoms with E-state index >= 15 is 0 Å². The fourth-order valence-electron chi connectivity index (χ4n) is 4.53. The number of rotatable bonds is 10. The predicted molar refractivity (Wildman–Crippen MR) is 150 cm³/mol. The number of fused-ring (bicyclic) bond motifs is 1. The van der Waals surface area contributed by atoms with Gasteiger partial charge >= 0.3 is 5.97 Å². The highest BCUT2D eigenvalue weighted by Crippen LogP contribution is 2.36. The molecule has 0 spiro atoms. The van der Waals surface area contributed by atoms with Gasteiger partial charge in [0.1, 0.15) is 11.8 Å². The first-order valence-corrected chi connectivity index (χ1v) is 13.5. The lowest BCUT2D eigenvalue weighted by Crippen LogP contribution is -2.33. The number of sulfonamides is 1. The van der Waals surface area contributed by atoms with Crippen LogP contribution in [0, 0.1) is 0 Å². The third-order valence-electron chi connectivity index (χ3n) is 6.34. The van der Waals surface area contributed by atoms with Crippen molar-refractivity contribution in [3.05, 3.63) is 90.0 Å². The number of esters is 1. The number of hydrogen-bond donors (Lipinski definition) is 3. The molecule has 0 saturated heterocycles. The van der Waals surface area contributed by atoms with Crippen LogP contribution in [0.1, 0.15) is 11.1 Å². The van der Waals surface area contributed by atoms with Gasteiger partial charge in [0, 0.05) is 5.39 Å². The molecule has 9 nitrogen and oxygen atoms in total. The van der Waals surface area contributed by atoms with E-state index in [0.29, 0.717) is 16.8 Å². The molecule has 5 N–H and O–H groups in total. The Hall–Kier alpha value is -4.41. The lowest BCUT2D eigenvalue weighted by molar-refractivity contribution is -0.142. The fourth-order valence-corrected chi connectivity index (χ4v) is 5.83. The number of carbonyl (C=O) groups excluding carboxylic acids is 2. The summed E-state index contributed by atoms with van der Waals surface area (Å²) in [6.07, 6.45) is 0.00326. The first-order chi connectivity index (χ1) is 18.6. The summed E-state index contributed by atoms with van der Waals surface area (Å²) in [5.74, 6) is -0.765. The first-order valence-electron chi connectivity index (χ1n) is 12.1. The molecule has 0 bridgehead atoms. The summed E-state index contributed by atoms with van der Waals surface area (Å²) in [5.41, 5.74) is 14.6. The SMILES string of the molecule is COC(=O)C(N)Cc1ccccc1-c1ccc(NS(=O)(=O)c2ccc(OC)cc2CC(N)=O)c2ccccc12. The maximum absolute atomic E-state index is 13.5. The van der Waals surface area contributed by atoms with Crippen LogP contribution in [0.25, 0.3) is 21.9 Å². The molecule has 1 atom stereocenters. The number of carbonyl (C=O) groups is 2. The van der Waals surface area contributed by atoms with E-state index in [2.05, 4.69) is 4.72 Å². The predicted octanol–water partition coefficient (Wildman–Crippen LogP) is 3.39. The number of hydrogen-bond acceptors (Lipinski definition) is 7. The molecule has 4 aromatic rings. The summed E-state index contributed by atoms with van der Waals surface area (Å²) < 4.78 is 39.7. The Balaban J connectivity index is 1.78. The van der Waals surface area contributed by atoms with Gasteiger partial charge in [-0.05, 0) is 58.3 Å². The zero-order chi connectivity index (χ0) is 28.2. The lowest BCUT2D eigenvalue weighted by atomic mass is 9.91. The smallest absolute Gasteiger partial charge is 0.322 e. The molecule has 0 aliphatic carbocycles. The molecule has 202 valence electrons. The molecular formula is C29H29N3O6S. The monoisotopic (exact) mass is 547 g/mol. The quantitative estimate of drug-likeness (QED) is 0.258. The maximum Gasteiger partial charge on any atom is 0.322 e. The molecule has 0 radical (unpaired) electrons. The Kier molecular flexibility index (Phi) is 8.18. The van der Waals surface area contributed by atoms with E-state index in [9.17, 15) is 18.0 Å². The molecule has 1 amide bonds. The van der Waals surface area contributed by atoms with Gasteiger partial charge in [0.25, 0.3) is 10.0 Å². The normalized spacial score (nSPS) is 12.1. The highest BCUT2D eigenvalue weighted by Gasteiger charge is 2.23. The third kappa shape index (κ3) is 6.02. The van der Waals surface area contributed by atoms with Crippen molar-refractivity contribution in [2.45, 2.75) is 23.8 Å². The number of nitrogens with two attached hydrogens (primary N) is 2. The highest BCUT2D eigenvalue weighted by molar-refractivity contribution is 7.92. The van der Waals surface area contributed by atoms with Crippen molar-refractivity contribution in [2.75, 3.05) is 18.9 Å². The van der Waals surface area contributed by atoms with Crippen LogP contribution in [-0.2, 0) is 37.2 Å². The molecule has 0 aliphatic heterocycles. The molecule has 4 rings (SSSR count). The van der Waals surface area contributed by atoms with E-state index < -0.39 is 27.9 Å². The van der Waals surface area contributed by atoms with Crippen molar-refractivity contribution in [1.29, 1.82) is 0 Å². The van der Waals surface area contributed by atoms with E-state index in [1.54, 1.807) is 6.07 Å². The number of ether oxygens (including phenoxy) is 2. The molecule has 0 aliphatic rings. The second-order valence-corrected chi connectivity index (χ2v) is 10.6. The van der Waals surface area contributed by atoms with Crippen molar-refractivity contribution in [3.8, 4) is 16.9 Å². The van der Waals surface area contributed by atoms with Gasteiger partial charge in [-0.1, -0.05) is 54.6 Å². The van der Waals surface area contributed by atoms with Crippen LogP contribution in [0.4, 0.5) is 5.69 Å². The maximum atomic E-state index is 13.5. The van der Waals surface area contributed by atoms with Crippen molar-refractivity contribution in [1.82, 2.24) is 0 Å². The van der Waals surface area contributed by atoms with Crippen LogP contribution in [0.2, 0.25) is 0 Å². The lowest BCUT2D eigenvalue weighted by Gasteiger charge is -2.18. The van der Waals surface area contributed by atoms with Crippen molar-refractivity contribution >= 4 is 38.4 Å². The number of amides is 1. The van der Waals surface area contributed by atoms with Gasteiger partial charge in [-0.25, -0.2) is 8.42 Å². The minimum Gasteiger partial charge on any atom is -0.497 e. The van der Waals surface area contributed by atoms with E-state index in [4.69, 9.17) is 20.9 Å². The molecule has 0 fully saturated rings. The summed E-state index contributed by atoms with van der Waals surface area (Å²) in [6, 6.07) is 22.0. The zero-order valence-corrected chi connectivity index (χ0v) is 22.3. The Morgan fingerprint density at radius 3 is 2.26 bits per heavy atom. The molecule has 1 unspecified atom stereocenters. The average molecular weight is 548 g/mol. The van der Waals surface area contributed by atoms with E-state index in [0.717, 1.165) is 22.1 Å². The van der Waals surface area contributed by atoms with Crippen LogP contribution in [0.15, 0.2) is 83.8 Å². The van der Waals surface area contributed by atoms with E-state index in [1.165, 1.54) is 32.4 Å². The molecule has 0 heterocycles. The van der Waals surface area contributed by atoms with Crippen molar-refractivity contribution in [3.63, 3.8) is 0 Å². The number of nitrogens with one attached hydrogen (secondary N) is 1. The van der Waals surface area contributed by atoms with E-state index in [-0.39, 0.29) is 23.3 Å². The van der Waals surface area contributed by atoms with E-state index in [1.807, 2.05) is 54.6 Å². The average Bonchev–Trinajstić information content (AvgIpc) is 2.92. The number of primary amides is 1. The molecule has 0 saturated carbocycles. The first kappa shape index (κ1) is 27.6. The summed E-state index contributed by atoms with van der Waals surface area (Å²) in [7, 11) is -1.36. The Bertz CT molecular complexity index is 1650. The van der Waals surface area contributed by atoms with Gasteiger partial charge in [-0.15, -0.1) is 0 Å². The summed E-state index contributed by atoms with van der Waals surface area (Å²) in [6.45, 7) is 0. The van der Waals surface area contributed by atoms with Gasteiger partial charge in [0.15, 0.2) is 0 Å². The standard InChI is InChI=1S/C29H29N3O6S/c1-37-20-11-14-27(19(15-20)17-28(31)33)39(35,36)32-26-13-12-23(22-9-5-6-10-24(22)26)21-8-4-3-7-18(21)16-25(30)29(34)38-2/h3-15,25,32H,16-17,30H2,1-2H3,(H2,31,33). The summed E-state index contributed by atoms with van der Waals surface area (Å²) in [4.78, 5) is 23.5. The van der Waals surface area contributed by atoms with Gasteiger partial charge < -0.3 is 20.9 Å². The zero-order valence-electron chi connectivity index (χ0n) is 21.5. The molecule has 39 heavy (non-hydrogen) atoms. The Labute approximate surface area is 226 Å². The Morgan fingerprint density at radius 1 is 0.872 bits per heavy atom. The van der Waals surface area contributed by atoms with Crippen LogP contribution in [0.3, 0.4) is 0 Å². The van der Waals surface area contributed by atoms with Crippen LogP contribution in [-0.4, -0.2) is 40.6 Å². The Morgan fingerprint density at radius 2 is 1.56 bits per heavy atom. The molecule has 4 aromatic carbocycles. The van der Waals surface area contributed by atoms with Gasteiger partial charge in [0.05, 0.1) is 31.2 Å². The van der Waals surface area contributed by atoms with Crippen LogP contribution >= 0.6 is 0 Å². The minimum absolute atomic E-state index is 0.0719. The number of methoxy groups -OCH3 is 2. The van der Waals surface area contributed by atoms with Gasteiger partial charge in [-0.3, -0.25) is 14.3 Å². The van der Waals surface area contributed by atoms with Crippen LogP contribution < -0.4 is 20.9 Å². The summed E-state index contributed by atoms with van der Waals surface area (Å²) in [5, 5.41) is 1.46. The largest absolute Gasteiger partial charge is 0.497 e. The van der Waals surface area contributed by atoms with Gasteiger partial charge in [-0.2, -0.15) is 0 Å². The minimum atomic E-state index is -4.10. The second-order valence-electron chi connectivity index (χ2n) is 8.92. The molecular weight excluding hydrogens is 518 g/mol. The number of anilines is 1. The molecule has 10 heteroatoms. The van der Waals surface area contributed by atoms with Crippen molar-refractivity contribution in [2.24, 2.45) is 11.5 Å². The highest BCUT2D eigenvalue weighted by atomic mass is 32.2. The topological polar surface area (TPSA) is 151 Å².